The van der Waals surface area contributed by atoms with Gasteiger partial charge in [-0.15, -0.1) is 0 Å². The Labute approximate surface area is 115 Å². The summed E-state index contributed by atoms with van der Waals surface area (Å²) in [5.41, 5.74) is 3.50. The molecule has 2 saturated carbocycles. The minimum Gasteiger partial charge on any atom is -0.331 e. The van der Waals surface area contributed by atoms with Gasteiger partial charge in [0, 0.05) is 37.7 Å². The molecule has 0 saturated heterocycles. The summed E-state index contributed by atoms with van der Waals surface area (Å²) >= 11 is 0. The molecule has 2 heterocycles. The normalized spacial score (nSPS) is 24.9. The van der Waals surface area contributed by atoms with E-state index in [-0.39, 0.29) is 0 Å². The van der Waals surface area contributed by atoms with Crippen LogP contribution in [0.5, 0.6) is 0 Å². The van der Waals surface area contributed by atoms with Crippen LogP contribution in [0.4, 0.5) is 0 Å². The molecule has 0 aromatic carbocycles. The number of aromatic nitrogens is 2. The molecule has 2 fully saturated rings. The van der Waals surface area contributed by atoms with E-state index >= 15 is 0 Å². The van der Waals surface area contributed by atoms with Gasteiger partial charge in [-0.05, 0) is 37.5 Å². The molecule has 0 amide bonds. The highest BCUT2D eigenvalue weighted by Gasteiger charge is 2.39. The van der Waals surface area contributed by atoms with Crippen LogP contribution in [0.3, 0.4) is 0 Å². The van der Waals surface area contributed by atoms with Crippen molar-refractivity contribution in [3.63, 3.8) is 0 Å². The molecule has 0 spiro atoms. The molecule has 0 atom stereocenters. The van der Waals surface area contributed by atoms with Crippen molar-refractivity contribution in [1.82, 2.24) is 14.9 Å². The molecule has 3 aliphatic rings. The molecule has 1 aliphatic heterocycles. The Kier molecular flexibility index (Phi) is 2.73. The zero-order valence-electron chi connectivity index (χ0n) is 12.0. The molecule has 2 aliphatic carbocycles. The van der Waals surface area contributed by atoms with E-state index in [1.807, 2.05) is 0 Å². The van der Waals surface area contributed by atoms with E-state index in [1.165, 1.54) is 63.0 Å². The van der Waals surface area contributed by atoms with Crippen LogP contribution in [-0.4, -0.2) is 16.1 Å². The van der Waals surface area contributed by atoms with Crippen LogP contribution in [0.15, 0.2) is 0 Å². The molecule has 0 bridgehead atoms. The van der Waals surface area contributed by atoms with Crippen LogP contribution in [0.1, 0.15) is 68.6 Å². The molecule has 0 unspecified atom stereocenters. The fourth-order valence-electron chi connectivity index (χ4n) is 3.86. The molecule has 0 radical (unpaired) electrons. The van der Waals surface area contributed by atoms with Crippen LogP contribution >= 0.6 is 0 Å². The minimum atomic E-state index is 0.600. The molecular weight excluding hydrogens is 234 g/mol. The number of imidazole rings is 1. The second-order valence-electron chi connectivity index (χ2n) is 6.86. The van der Waals surface area contributed by atoms with Crippen LogP contribution in [0, 0.1) is 5.41 Å². The van der Waals surface area contributed by atoms with Gasteiger partial charge in [0.2, 0.25) is 0 Å². The summed E-state index contributed by atoms with van der Waals surface area (Å²) in [4.78, 5) is 4.99. The maximum Gasteiger partial charge on any atom is 0.112 e. The summed E-state index contributed by atoms with van der Waals surface area (Å²) in [6.45, 7) is 5.74. The SMILES string of the molecule is CCC1(Cn2c(C3CC3)nc3c2CCNC3)CCC1. The van der Waals surface area contributed by atoms with Crippen LogP contribution < -0.4 is 5.32 Å². The number of nitrogens with one attached hydrogen (secondary N) is 1. The highest BCUT2D eigenvalue weighted by atomic mass is 15.1. The van der Waals surface area contributed by atoms with Crippen LogP contribution in [0.2, 0.25) is 0 Å². The zero-order chi connectivity index (χ0) is 12.9. The van der Waals surface area contributed by atoms with E-state index in [1.54, 1.807) is 5.69 Å². The van der Waals surface area contributed by atoms with Crippen molar-refractivity contribution in [3.05, 3.63) is 17.2 Å². The zero-order valence-corrected chi connectivity index (χ0v) is 12.0. The Morgan fingerprint density at radius 1 is 1.37 bits per heavy atom. The van der Waals surface area contributed by atoms with E-state index in [0.717, 1.165) is 19.0 Å². The average molecular weight is 259 g/mol. The summed E-state index contributed by atoms with van der Waals surface area (Å²) in [5.74, 6) is 2.20. The highest BCUT2D eigenvalue weighted by molar-refractivity contribution is 5.24. The van der Waals surface area contributed by atoms with Crippen molar-refractivity contribution in [2.45, 2.75) is 70.9 Å². The number of hydrogen-bond acceptors (Lipinski definition) is 2. The fraction of sp³-hybridized carbons (Fsp3) is 0.812. The van der Waals surface area contributed by atoms with Crippen LogP contribution in [0.25, 0.3) is 0 Å². The summed E-state index contributed by atoms with van der Waals surface area (Å²) < 4.78 is 2.65. The summed E-state index contributed by atoms with van der Waals surface area (Å²) in [5, 5.41) is 3.47. The first-order valence-corrected chi connectivity index (χ1v) is 8.10. The molecule has 1 aromatic heterocycles. The highest BCUT2D eigenvalue weighted by Crippen LogP contribution is 2.47. The van der Waals surface area contributed by atoms with Gasteiger partial charge >= 0.3 is 0 Å². The molecule has 19 heavy (non-hydrogen) atoms. The Bertz CT molecular complexity index is 475. The third-order valence-corrected chi connectivity index (χ3v) is 5.62. The van der Waals surface area contributed by atoms with Crippen molar-refractivity contribution in [3.8, 4) is 0 Å². The predicted octanol–water partition coefficient (Wildman–Crippen LogP) is 2.99. The van der Waals surface area contributed by atoms with Gasteiger partial charge in [-0.2, -0.15) is 0 Å². The van der Waals surface area contributed by atoms with E-state index in [4.69, 9.17) is 4.98 Å². The van der Waals surface area contributed by atoms with Crippen molar-refractivity contribution < 1.29 is 0 Å². The van der Waals surface area contributed by atoms with Crippen molar-refractivity contribution in [2.24, 2.45) is 5.41 Å². The first-order chi connectivity index (χ1) is 9.31. The lowest BCUT2D eigenvalue weighted by Gasteiger charge is -2.42. The van der Waals surface area contributed by atoms with Gasteiger partial charge in [0.15, 0.2) is 0 Å². The van der Waals surface area contributed by atoms with Gasteiger partial charge in [0.1, 0.15) is 5.82 Å². The molecule has 3 heteroatoms. The lowest BCUT2D eigenvalue weighted by molar-refractivity contribution is 0.0977. The van der Waals surface area contributed by atoms with Crippen molar-refractivity contribution in [2.75, 3.05) is 6.54 Å². The van der Waals surface area contributed by atoms with Gasteiger partial charge in [0.25, 0.3) is 0 Å². The van der Waals surface area contributed by atoms with E-state index in [2.05, 4.69) is 16.8 Å². The van der Waals surface area contributed by atoms with Crippen molar-refractivity contribution in [1.29, 1.82) is 0 Å². The summed E-state index contributed by atoms with van der Waals surface area (Å²) in [6.07, 6.45) is 9.53. The lowest BCUT2D eigenvalue weighted by Crippen LogP contribution is -2.35. The predicted molar refractivity (Wildman–Crippen MR) is 76.2 cm³/mol. The first-order valence-electron chi connectivity index (χ1n) is 8.10. The maximum atomic E-state index is 4.99. The molecule has 4 rings (SSSR count). The Hall–Kier alpha value is -0.830. The number of fused-ring (bicyclic) bond motifs is 1. The Morgan fingerprint density at radius 3 is 2.84 bits per heavy atom. The second kappa shape index (κ2) is 4.34. The number of nitrogens with zero attached hydrogens (tertiary/aromatic N) is 2. The quantitative estimate of drug-likeness (QED) is 0.901. The number of rotatable bonds is 4. The fourth-order valence-corrected chi connectivity index (χ4v) is 3.86. The summed E-state index contributed by atoms with van der Waals surface area (Å²) in [6, 6.07) is 0. The molecule has 3 nitrogen and oxygen atoms in total. The standard InChI is InChI=1S/C16H25N3/c1-2-16(7-3-8-16)11-19-14-6-9-17-10-13(14)18-15(19)12-4-5-12/h12,17H,2-11H2,1H3. The van der Waals surface area contributed by atoms with Gasteiger partial charge in [-0.1, -0.05) is 13.3 Å². The van der Waals surface area contributed by atoms with E-state index < -0.39 is 0 Å². The largest absolute Gasteiger partial charge is 0.331 e. The summed E-state index contributed by atoms with van der Waals surface area (Å²) in [7, 11) is 0. The van der Waals surface area contributed by atoms with Gasteiger partial charge in [-0.25, -0.2) is 4.98 Å². The maximum absolute atomic E-state index is 4.99. The molecule has 1 N–H and O–H groups in total. The minimum absolute atomic E-state index is 0.600. The van der Waals surface area contributed by atoms with E-state index in [0.29, 0.717) is 5.41 Å². The van der Waals surface area contributed by atoms with Gasteiger partial charge in [0.05, 0.1) is 5.69 Å². The smallest absolute Gasteiger partial charge is 0.112 e. The Balaban J connectivity index is 1.70. The average Bonchev–Trinajstić information content (AvgIpc) is 3.17. The Morgan fingerprint density at radius 2 is 2.21 bits per heavy atom. The van der Waals surface area contributed by atoms with Crippen molar-refractivity contribution >= 4 is 0 Å². The number of hydrogen-bond donors (Lipinski definition) is 1. The molecule has 104 valence electrons. The van der Waals surface area contributed by atoms with Gasteiger partial charge in [-0.3, -0.25) is 0 Å². The third-order valence-electron chi connectivity index (χ3n) is 5.62. The second-order valence-corrected chi connectivity index (χ2v) is 6.86. The third kappa shape index (κ3) is 1.94. The monoisotopic (exact) mass is 259 g/mol. The van der Waals surface area contributed by atoms with Crippen LogP contribution in [-0.2, 0) is 19.5 Å². The van der Waals surface area contributed by atoms with Gasteiger partial charge < -0.3 is 9.88 Å². The first kappa shape index (κ1) is 12.0. The lowest BCUT2D eigenvalue weighted by atomic mass is 9.67. The molecular formula is C16H25N3. The topological polar surface area (TPSA) is 29.9 Å². The molecule has 1 aromatic rings. The van der Waals surface area contributed by atoms with E-state index in [9.17, 15) is 0 Å².